The van der Waals surface area contributed by atoms with E-state index in [9.17, 15) is 14.3 Å². The minimum absolute atomic E-state index is 0.164. The number of hydrogen-bond acceptors (Lipinski definition) is 4. The van der Waals surface area contributed by atoms with Crippen molar-refractivity contribution >= 4 is 5.97 Å². The number of aliphatic hydroxyl groups is 1. The molecule has 0 saturated heterocycles. The monoisotopic (exact) mass is 256 g/mol. The standard InChI is InChI=1S/C13H17FO4/c1-4-18-13(16)12(15)10-7-9(8(2)14)5-6-11(10)17-3/h5-8,12,15H,4H2,1-3H3. The first-order valence-electron chi connectivity index (χ1n) is 5.67. The Kier molecular flexibility index (Phi) is 5.09. The molecule has 18 heavy (non-hydrogen) atoms. The van der Waals surface area contributed by atoms with Gasteiger partial charge in [-0.1, -0.05) is 6.07 Å². The molecule has 2 atom stereocenters. The third-order valence-corrected chi connectivity index (χ3v) is 2.52. The number of ether oxygens (including phenoxy) is 2. The lowest BCUT2D eigenvalue weighted by atomic mass is 10.0. The summed E-state index contributed by atoms with van der Waals surface area (Å²) in [4.78, 5) is 11.5. The van der Waals surface area contributed by atoms with Gasteiger partial charge in [-0.3, -0.25) is 0 Å². The van der Waals surface area contributed by atoms with Crippen LogP contribution in [0.2, 0.25) is 0 Å². The molecule has 0 aromatic heterocycles. The molecule has 0 aliphatic rings. The van der Waals surface area contributed by atoms with Crippen LogP contribution in [-0.4, -0.2) is 24.8 Å². The van der Waals surface area contributed by atoms with Gasteiger partial charge in [0.2, 0.25) is 0 Å². The third-order valence-electron chi connectivity index (χ3n) is 2.52. The minimum Gasteiger partial charge on any atom is -0.496 e. The number of halogens is 1. The van der Waals surface area contributed by atoms with Crippen molar-refractivity contribution in [2.24, 2.45) is 0 Å². The van der Waals surface area contributed by atoms with Gasteiger partial charge >= 0.3 is 5.97 Å². The Morgan fingerprint density at radius 2 is 2.17 bits per heavy atom. The van der Waals surface area contributed by atoms with Crippen LogP contribution in [0.5, 0.6) is 5.75 Å². The third kappa shape index (κ3) is 3.20. The van der Waals surface area contributed by atoms with Crippen molar-refractivity contribution in [2.75, 3.05) is 13.7 Å². The van der Waals surface area contributed by atoms with E-state index in [4.69, 9.17) is 9.47 Å². The first-order valence-corrected chi connectivity index (χ1v) is 5.67. The molecule has 0 amide bonds. The molecule has 1 aromatic carbocycles. The van der Waals surface area contributed by atoms with Gasteiger partial charge in [0.25, 0.3) is 0 Å². The Hall–Kier alpha value is -1.62. The summed E-state index contributed by atoms with van der Waals surface area (Å²) >= 11 is 0. The molecule has 100 valence electrons. The van der Waals surface area contributed by atoms with Crippen LogP contribution in [0.25, 0.3) is 0 Å². The maximum absolute atomic E-state index is 13.2. The maximum atomic E-state index is 13.2. The van der Waals surface area contributed by atoms with E-state index in [2.05, 4.69) is 0 Å². The zero-order valence-corrected chi connectivity index (χ0v) is 10.6. The fourth-order valence-corrected chi connectivity index (χ4v) is 1.56. The Morgan fingerprint density at radius 3 is 2.67 bits per heavy atom. The van der Waals surface area contributed by atoms with Crippen molar-refractivity contribution in [1.29, 1.82) is 0 Å². The van der Waals surface area contributed by atoms with Gasteiger partial charge in [0, 0.05) is 5.56 Å². The summed E-state index contributed by atoms with van der Waals surface area (Å²) < 4.78 is 23.0. The van der Waals surface area contributed by atoms with Gasteiger partial charge in [-0.2, -0.15) is 0 Å². The fourth-order valence-electron chi connectivity index (χ4n) is 1.56. The maximum Gasteiger partial charge on any atom is 0.339 e. The van der Waals surface area contributed by atoms with Crippen molar-refractivity contribution in [2.45, 2.75) is 26.1 Å². The van der Waals surface area contributed by atoms with Gasteiger partial charge in [0.15, 0.2) is 6.10 Å². The van der Waals surface area contributed by atoms with Crippen LogP contribution in [0.3, 0.4) is 0 Å². The molecule has 2 unspecified atom stereocenters. The molecular weight excluding hydrogens is 239 g/mol. The van der Waals surface area contributed by atoms with Crippen molar-refractivity contribution in [1.82, 2.24) is 0 Å². The number of alkyl halides is 1. The van der Waals surface area contributed by atoms with E-state index in [1.165, 1.54) is 26.2 Å². The summed E-state index contributed by atoms with van der Waals surface area (Å²) in [5, 5.41) is 9.86. The summed E-state index contributed by atoms with van der Waals surface area (Å²) in [6.45, 7) is 3.18. The fraction of sp³-hybridized carbons (Fsp3) is 0.462. The number of esters is 1. The van der Waals surface area contributed by atoms with Gasteiger partial charge in [-0.15, -0.1) is 0 Å². The smallest absolute Gasteiger partial charge is 0.339 e. The molecule has 4 nitrogen and oxygen atoms in total. The average Bonchev–Trinajstić information content (AvgIpc) is 2.37. The van der Waals surface area contributed by atoms with Gasteiger partial charge in [-0.25, -0.2) is 9.18 Å². The van der Waals surface area contributed by atoms with Gasteiger partial charge in [0.05, 0.1) is 13.7 Å². The summed E-state index contributed by atoms with van der Waals surface area (Å²) in [5.41, 5.74) is 0.576. The number of benzene rings is 1. The quantitative estimate of drug-likeness (QED) is 0.821. The normalized spacial score (nSPS) is 13.8. The summed E-state index contributed by atoms with van der Waals surface area (Å²) in [7, 11) is 1.41. The second-order valence-electron chi connectivity index (χ2n) is 3.77. The molecule has 0 aliphatic carbocycles. The second kappa shape index (κ2) is 6.35. The van der Waals surface area contributed by atoms with Crippen molar-refractivity contribution < 1.29 is 23.8 Å². The van der Waals surface area contributed by atoms with Crippen LogP contribution in [0, 0.1) is 0 Å². The molecule has 1 rings (SSSR count). The minimum atomic E-state index is -1.47. The van der Waals surface area contributed by atoms with Crippen molar-refractivity contribution in [3.8, 4) is 5.75 Å². The highest BCUT2D eigenvalue weighted by molar-refractivity contribution is 5.77. The first kappa shape index (κ1) is 14.4. The number of hydrogen-bond donors (Lipinski definition) is 1. The molecule has 5 heteroatoms. The number of carbonyl (C=O) groups excluding carboxylic acids is 1. The van der Waals surface area contributed by atoms with Gasteiger partial charge in [0.1, 0.15) is 11.9 Å². The first-order chi connectivity index (χ1) is 8.51. The molecule has 0 spiro atoms. The van der Waals surface area contributed by atoms with E-state index >= 15 is 0 Å². The Bertz CT molecular complexity index is 417. The number of rotatable bonds is 5. The molecule has 1 aromatic rings. The molecular formula is C13H17FO4. The topological polar surface area (TPSA) is 55.8 Å². The summed E-state index contributed by atoms with van der Waals surface area (Å²) in [6, 6.07) is 4.47. The average molecular weight is 256 g/mol. The molecule has 0 radical (unpaired) electrons. The zero-order valence-electron chi connectivity index (χ0n) is 10.6. The largest absolute Gasteiger partial charge is 0.496 e. The summed E-state index contributed by atoms with van der Waals surface area (Å²) in [5.74, 6) is -0.459. The van der Waals surface area contributed by atoms with Gasteiger partial charge < -0.3 is 14.6 Å². The number of aliphatic hydroxyl groups excluding tert-OH is 1. The predicted molar refractivity (Wildman–Crippen MR) is 64.1 cm³/mol. The second-order valence-corrected chi connectivity index (χ2v) is 3.77. The summed E-state index contributed by atoms with van der Waals surface area (Å²) in [6.07, 6.45) is -2.66. The molecule has 0 bridgehead atoms. The van der Waals surface area contributed by atoms with Crippen molar-refractivity contribution in [3.63, 3.8) is 0 Å². The lowest BCUT2D eigenvalue weighted by Gasteiger charge is -2.15. The van der Waals surface area contributed by atoms with Crippen molar-refractivity contribution in [3.05, 3.63) is 29.3 Å². The van der Waals surface area contributed by atoms with Crippen LogP contribution in [0.15, 0.2) is 18.2 Å². The highest BCUT2D eigenvalue weighted by Gasteiger charge is 2.23. The zero-order chi connectivity index (χ0) is 13.7. The highest BCUT2D eigenvalue weighted by atomic mass is 19.1. The van der Waals surface area contributed by atoms with E-state index in [0.29, 0.717) is 11.3 Å². The Balaban J connectivity index is 3.11. The lowest BCUT2D eigenvalue weighted by Crippen LogP contribution is -2.16. The Morgan fingerprint density at radius 1 is 1.50 bits per heavy atom. The molecule has 0 aliphatic heterocycles. The van der Waals surface area contributed by atoms with Gasteiger partial charge in [-0.05, 0) is 31.5 Å². The highest BCUT2D eigenvalue weighted by Crippen LogP contribution is 2.30. The lowest BCUT2D eigenvalue weighted by molar-refractivity contribution is -0.153. The van der Waals surface area contributed by atoms with E-state index in [1.54, 1.807) is 13.0 Å². The SMILES string of the molecule is CCOC(=O)C(O)c1cc(C(C)F)ccc1OC. The molecule has 1 N–H and O–H groups in total. The Labute approximate surface area is 105 Å². The van der Waals surface area contributed by atoms with Crippen LogP contribution in [-0.2, 0) is 9.53 Å². The van der Waals surface area contributed by atoms with Crippen LogP contribution < -0.4 is 4.74 Å². The van der Waals surface area contributed by atoms with E-state index in [1.807, 2.05) is 0 Å². The van der Waals surface area contributed by atoms with Crippen LogP contribution in [0.4, 0.5) is 4.39 Å². The van der Waals surface area contributed by atoms with Crippen LogP contribution >= 0.6 is 0 Å². The molecule has 0 heterocycles. The number of carbonyl (C=O) groups is 1. The predicted octanol–water partition coefficient (Wildman–Crippen LogP) is 2.32. The molecule has 0 saturated carbocycles. The van der Waals surface area contributed by atoms with E-state index in [0.717, 1.165) is 0 Å². The van der Waals surface area contributed by atoms with Crippen LogP contribution in [0.1, 0.15) is 37.3 Å². The van der Waals surface area contributed by atoms with E-state index < -0.39 is 18.2 Å². The van der Waals surface area contributed by atoms with E-state index in [-0.39, 0.29) is 12.2 Å². The molecule has 0 fully saturated rings. The number of methoxy groups -OCH3 is 1.